The average molecular weight is 595 g/mol. The van der Waals surface area contributed by atoms with Crippen LogP contribution in [0.15, 0.2) is 48.5 Å². The van der Waals surface area contributed by atoms with Crippen molar-refractivity contribution in [3.63, 3.8) is 0 Å². The summed E-state index contributed by atoms with van der Waals surface area (Å²) in [4.78, 5) is 36.0. The quantitative estimate of drug-likeness (QED) is 0.193. The average Bonchev–Trinajstić information content (AvgIpc) is 3.70. The SMILES string of the molecule is CC.CC1CC(C(=O)OCCCOc2ccc(-c3ccc(OCCCOC(=O)C4CCC5C(=O)C5C4)cc3)cc2)CCO1. The van der Waals surface area contributed by atoms with Crippen molar-refractivity contribution in [2.24, 2.45) is 23.7 Å². The molecule has 3 fully saturated rings. The molecule has 5 unspecified atom stereocenters. The van der Waals surface area contributed by atoms with Crippen LogP contribution in [0.2, 0.25) is 0 Å². The summed E-state index contributed by atoms with van der Waals surface area (Å²) >= 11 is 0. The molecule has 2 aliphatic carbocycles. The van der Waals surface area contributed by atoms with Crippen LogP contribution in [0.1, 0.15) is 65.7 Å². The van der Waals surface area contributed by atoms with E-state index in [9.17, 15) is 14.4 Å². The van der Waals surface area contributed by atoms with Gasteiger partial charge >= 0.3 is 11.9 Å². The van der Waals surface area contributed by atoms with Crippen LogP contribution >= 0.6 is 0 Å². The van der Waals surface area contributed by atoms with Crippen molar-refractivity contribution in [1.29, 1.82) is 0 Å². The predicted molar refractivity (Wildman–Crippen MR) is 163 cm³/mol. The second-order valence-electron chi connectivity index (χ2n) is 11.3. The monoisotopic (exact) mass is 594 g/mol. The lowest BCUT2D eigenvalue weighted by Gasteiger charge is -2.25. The first-order chi connectivity index (χ1) is 21.0. The molecule has 0 amide bonds. The molecule has 8 heteroatoms. The molecule has 0 aromatic heterocycles. The Bertz CT molecular complexity index is 1180. The Balaban J connectivity index is 0.00000207. The van der Waals surface area contributed by atoms with Gasteiger partial charge in [-0.25, -0.2) is 0 Å². The Hall–Kier alpha value is -3.39. The standard InChI is InChI=1S/C33H40O8.C2H6/c1-22-20-26(14-19-37-22)33(36)41-18-3-16-39-28-11-6-24(7-12-28)23-4-9-27(10-5-23)38-15-2-17-40-32(35)25-8-13-29-30(21-25)31(29)34;1-2/h4-7,9-12,22,25-26,29-30H,2-3,8,13-21H2,1H3;1-2H3. The first-order valence-electron chi connectivity index (χ1n) is 15.9. The zero-order valence-electron chi connectivity index (χ0n) is 25.8. The molecule has 1 saturated heterocycles. The summed E-state index contributed by atoms with van der Waals surface area (Å²) in [6, 6.07) is 15.8. The molecule has 1 heterocycles. The summed E-state index contributed by atoms with van der Waals surface area (Å²) in [6.07, 6.45) is 5.08. The van der Waals surface area contributed by atoms with Crippen LogP contribution < -0.4 is 9.47 Å². The number of Topliss-reactive ketones (excluding diaryl/α,β-unsaturated/α-hetero) is 1. The fourth-order valence-corrected chi connectivity index (χ4v) is 5.77. The molecule has 5 atom stereocenters. The zero-order chi connectivity index (χ0) is 30.6. The molecule has 2 aromatic carbocycles. The number of fused-ring (bicyclic) bond motifs is 1. The minimum atomic E-state index is -0.176. The lowest BCUT2D eigenvalue weighted by molar-refractivity contribution is -0.153. The minimum Gasteiger partial charge on any atom is -0.493 e. The zero-order valence-corrected chi connectivity index (χ0v) is 25.8. The van der Waals surface area contributed by atoms with Gasteiger partial charge in [0.2, 0.25) is 0 Å². The van der Waals surface area contributed by atoms with Gasteiger partial charge in [0.15, 0.2) is 0 Å². The number of carbonyl (C=O) groups excluding carboxylic acids is 3. The number of benzene rings is 2. The molecule has 5 rings (SSSR count). The molecule has 2 saturated carbocycles. The topological polar surface area (TPSA) is 97.4 Å². The molecule has 3 aliphatic rings. The smallest absolute Gasteiger partial charge is 0.309 e. The summed E-state index contributed by atoms with van der Waals surface area (Å²) in [6.45, 7) is 8.22. The molecule has 0 bridgehead atoms. The van der Waals surface area contributed by atoms with Crippen LogP contribution in [-0.2, 0) is 28.6 Å². The second-order valence-corrected chi connectivity index (χ2v) is 11.3. The third-order valence-corrected chi connectivity index (χ3v) is 8.27. The third-order valence-electron chi connectivity index (χ3n) is 8.27. The summed E-state index contributed by atoms with van der Waals surface area (Å²) in [5.74, 6) is 1.70. The van der Waals surface area contributed by atoms with Crippen molar-refractivity contribution in [3.8, 4) is 22.6 Å². The van der Waals surface area contributed by atoms with E-state index < -0.39 is 0 Å². The van der Waals surface area contributed by atoms with Crippen LogP contribution in [0.25, 0.3) is 11.1 Å². The van der Waals surface area contributed by atoms with Crippen molar-refractivity contribution >= 4 is 17.7 Å². The van der Waals surface area contributed by atoms with Crippen LogP contribution in [0.4, 0.5) is 0 Å². The van der Waals surface area contributed by atoms with Gasteiger partial charge in [0, 0.05) is 31.3 Å². The van der Waals surface area contributed by atoms with Gasteiger partial charge in [-0.3, -0.25) is 14.4 Å². The summed E-state index contributed by atoms with van der Waals surface area (Å²) in [7, 11) is 0. The van der Waals surface area contributed by atoms with E-state index in [4.69, 9.17) is 23.7 Å². The highest BCUT2D eigenvalue weighted by Crippen LogP contribution is 2.48. The molecular formula is C35H46O8. The van der Waals surface area contributed by atoms with Crippen LogP contribution in [-0.4, -0.2) is 56.9 Å². The molecule has 0 N–H and O–H groups in total. The van der Waals surface area contributed by atoms with Gasteiger partial charge in [0.05, 0.1) is 44.4 Å². The summed E-state index contributed by atoms with van der Waals surface area (Å²) in [5, 5.41) is 0. The molecule has 0 spiro atoms. The highest BCUT2D eigenvalue weighted by molar-refractivity contribution is 6.00. The van der Waals surface area contributed by atoms with E-state index in [1.807, 2.05) is 69.3 Å². The molecule has 0 radical (unpaired) electrons. The molecule has 8 nitrogen and oxygen atoms in total. The molecular weight excluding hydrogens is 548 g/mol. The van der Waals surface area contributed by atoms with Crippen molar-refractivity contribution in [2.45, 2.75) is 71.8 Å². The van der Waals surface area contributed by atoms with E-state index in [-0.39, 0.29) is 41.7 Å². The van der Waals surface area contributed by atoms with Crippen LogP contribution in [0.3, 0.4) is 0 Å². The van der Waals surface area contributed by atoms with E-state index in [1.54, 1.807) is 0 Å². The Morgan fingerprint density at radius 3 is 1.70 bits per heavy atom. The fourth-order valence-electron chi connectivity index (χ4n) is 5.77. The van der Waals surface area contributed by atoms with E-state index in [0.29, 0.717) is 58.1 Å². The Labute approximate surface area is 255 Å². The molecule has 2 aromatic rings. The fraction of sp³-hybridized carbons (Fsp3) is 0.571. The third kappa shape index (κ3) is 9.55. The second kappa shape index (κ2) is 16.5. The summed E-state index contributed by atoms with van der Waals surface area (Å²) < 4.78 is 27.9. The Morgan fingerprint density at radius 2 is 1.21 bits per heavy atom. The van der Waals surface area contributed by atoms with E-state index in [0.717, 1.165) is 48.3 Å². The maximum Gasteiger partial charge on any atom is 0.309 e. The van der Waals surface area contributed by atoms with Crippen LogP contribution in [0.5, 0.6) is 11.5 Å². The van der Waals surface area contributed by atoms with Gasteiger partial charge in [-0.2, -0.15) is 0 Å². The van der Waals surface area contributed by atoms with Crippen molar-refractivity contribution in [2.75, 3.05) is 33.0 Å². The van der Waals surface area contributed by atoms with Gasteiger partial charge in [-0.05, 0) is 74.4 Å². The van der Waals surface area contributed by atoms with E-state index >= 15 is 0 Å². The number of ketones is 1. The predicted octanol–water partition coefficient (Wildman–Crippen LogP) is 6.43. The number of hydrogen-bond donors (Lipinski definition) is 0. The molecule has 234 valence electrons. The van der Waals surface area contributed by atoms with Crippen molar-refractivity contribution < 1.29 is 38.1 Å². The number of carbonyl (C=O) groups is 3. The first-order valence-corrected chi connectivity index (χ1v) is 15.9. The van der Waals surface area contributed by atoms with Crippen molar-refractivity contribution in [1.82, 2.24) is 0 Å². The number of esters is 2. The van der Waals surface area contributed by atoms with Gasteiger partial charge < -0.3 is 23.7 Å². The summed E-state index contributed by atoms with van der Waals surface area (Å²) in [5.41, 5.74) is 2.13. The van der Waals surface area contributed by atoms with Gasteiger partial charge in [-0.15, -0.1) is 0 Å². The number of ether oxygens (including phenoxy) is 5. The van der Waals surface area contributed by atoms with Gasteiger partial charge in [0.1, 0.15) is 17.3 Å². The van der Waals surface area contributed by atoms with E-state index in [2.05, 4.69) is 0 Å². The largest absolute Gasteiger partial charge is 0.493 e. The van der Waals surface area contributed by atoms with Gasteiger partial charge in [0.25, 0.3) is 0 Å². The highest BCUT2D eigenvalue weighted by atomic mass is 16.5. The molecule has 43 heavy (non-hydrogen) atoms. The minimum absolute atomic E-state index is 0.0592. The maximum absolute atomic E-state index is 12.3. The Kier molecular flexibility index (Phi) is 12.4. The lowest BCUT2D eigenvalue weighted by Crippen LogP contribution is -2.30. The van der Waals surface area contributed by atoms with Crippen LogP contribution in [0, 0.1) is 23.7 Å². The lowest BCUT2D eigenvalue weighted by atomic mass is 9.89. The first kappa shape index (κ1) is 32.5. The Morgan fingerprint density at radius 1 is 0.698 bits per heavy atom. The highest BCUT2D eigenvalue weighted by Gasteiger charge is 2.53. The van der Waals surface area contributed by atoms with Crippen molar-refractivity contribution in [3.05, 3.63) is 48.5 Å². The number of hydrogen-bond acceptors (Lipinski definition) is 8. The maximum atomic E-state index is 12.3. The van der Waals surface area contributed by atoms with Gasteiger partial charge in [-0.1, -0.05) is 38.1 Å². The normalized spacial score (nSPS) is 24.1. The van der Waals surface area contributed by atoms with E-state index in [1.165, 1.54) is 0 Å². The molecule has 1 aliphatic heterocycles. The number of rotatable bonds is 13.